The van der Waals surface area contributed by atoms with E-state index in [1.807, 2.05) is 10.7 Å². The highest BCUT2D eigenvalue weighted by Gasteiger charge is 2.24. The highest BCUT2D eigenvalue weighted by Crippen LogP contribution is 2.26. The van der Waals surface area contributed by atoms with Crippen LogP contribution in [-0.4, -0.2) is 32.3 Å². The predicted octanol–water partition coefficient (Wildman–Crippen LogP) is 2.13. The topological polar surface area (TPSA) is 55.6 Å². The first kappa shape index (κ1) is 13.2. The number of rotatable bonds is 5. The Kier molecular flexibility index (Phi) is 3.53. The second-order valence-corrected chi connectivity index (χ2v) is 5.63. The van der Waals surface area contributed by atoms with Gasteiger partial charge in [0.1, 0.15) is 0 Å². The van der Waals surface area contributed by atoms with Crippen molar-refractivity contribution in [2.75, 3.05) is 6.54 Å². The van der Waals surface area contributed by atoms with E-state index < -0.39 is 0 Å². The molecule has 20 heavy (non-hydrogen) atoms. The van der Waals surface area contributed by atoms with Crippen molar-refractivity contribution in [2.24, 2.45) is 0 Å². The molecule has 2 aromatic heterocycles. The molecule has 1 N–H and O–H groups in total. The van der Waals surface area contributed by atoms with Crippen LogP contribution in [0.4, 0.5) is 0 Å². The molecule has 2 aromatic rings. The van der Waals surface area contributed by atoms with E-state index in [1.165, 1.54) is 18.4 Å². The minimum Gasteiger partial charge on any atom is -0.313 e. The van der Waals surface area contributed by atoms with Crippen LogP contribution in [0.25, 0.3) is 5.95 Å². The van der Waals surface area contributed by atoms with E-state index in [1.54, 1.807) is 12.4 Å². The Morgan fingerprint density at radius 3 is 2.65 bits per heavy atom. The number of aromatic nitrogens is 4. The van der Waals surface area contributed by atoms with Gasteiger partial charge in [-0.2, -0.15) is 5.10 Å². The third kappa shape index (κ3) is 2.58. The van der Waals surface area contributed by atoms with Crippen LogP contribution in [-0.2, 0) is 0 Å². The van der Waals surface area contributed by atoms with Gasteiger partial charge in [-0.3, -0.25) is 0 Å². The molecule has 1 saturated carbocycles. The van der Waals surface area contributed by atoms with Gasteiger partial charge in [0, 0.05) is 36.2 Å². The zero-order valence-corrected chi connectivity index (χ0v) is 12.3. The highest BCUT2D eigenvalue weighted by molar-refractivity contribution is 5.32. The van der Waals surface area contributed by atoms with E-state index in [0.29, 0.717) is 11.9 Å². The quantitative estimate of drug-likeness (QED) is 0.905. The molecule has 1 aliphatic rings. The number of hydrogen-bond acceptors (Lipinski definition) is 4. The summed E-state index contributed by atoms with van der Waals surface area (Å²) in [6.07, 6.45) is 6.14. The van der Waals surface area contributed by atoms with E-state index >= 15 is 0 Å². The molecule has 0 amide bonds. The van der Waals surface area contributed by atoms with Gasteiger partial charge in [-0.25, -0.2) is 14.6 Å². The highest BCUT2D eigenvalue weighted by atomic mass is 15.4. The Morgan fingerprint density at radius 2 is 2.00 bits per heavy atom. The van der Waals surface area contributed by atoms with Crippen molar-refractivity contribution in [2.45, 2.75) is 45.6 Å². The predicted molar refractivity (Wildman–Crippen MR) is 78.1 cm³/mol. The molecule has 0 saturated heterocycles. The van der Waals surface area contributed by atoms with Crippen molar-refractivity contribution in [3.05, 3.63) is 35.4 Å². The van der Waals surface area contributed by atoms with Crippen molar-refractivity contribution in [1.29, 1.82) is 0 Å². The molecule has 1 unspecified atom stereocenters. The minimum absolute atomic E-state index is 0.452. The number of nitrogens with zero attached hydrogens (tertiary/aromatic N) is 4. The van der Waals surface area contributed by atoms with Gasteiger partial charge in [-0.1, -0.05) is 6.92 Å². The molecular weight excluding hydrogens is 250 g/mol. The van der Waals surface area contributed by atoms with E-state index in [2.05, 4.69) is 41.2 Å². The fourth-order valence-corrected chi connectivity index (χ4v) is 2.70. The first-order valence-corrected chi connectivity index (χ1v) is 7.23. The van der Waals surface area contributed by atoms with Gasteiger partial charge in [0.05, 0.1) is 5.69 Å². The largest absolute Gasteiger partial charge is 0.313 e. The average Bonchev–Trinajstić information content (AvgIpc) is 3.23. The zero-order chi connectivity index (χ0) is 14.1. The SMILES string of the molecule is Cc1nn(-c2ncccn2)c(C)c1C(C)CNC1CC1. The third-order valence-electron chi connectivity index (χ3n) is 3.87. The van der Waals surface area contributed by atoms with E-state index in [0.717, 1.165) is 24.0 Å². The fraction of sp³-hybridized carbons (Fsp3) is 0.533. The summed E-state index contributed by atoms with van der Waals surface area (Å²) >= 11 is 0. The number of hydrogen-bond donors (Lipinski definition) is 1. The Bertz CT molecular complexity index is 586. The molecule has 1 fully saturated rings. The Balaban J connectivity index is 1.86. The standard InChI is InChI=1S/C15H21N5/c1-10(9-18-13-5-6-13)14-11(2)19-20(12(14)3)15-16-7-4-8-17-15/h4,7-8,10,13,18H,5-6,9H2,1-3H3. The van der Waals surface area contributed by atoms with Crippen molar-refractivity contribution >= 4 is 0 Å². The van der Waals surface area contributed by atoms with Crippen LogP contribution < -0.4 is 5.32 Å². The molecule has 106 valence electrons. The van der Waals surface area contributed by atoms with Crippen LogP contribution in [0, 0.1) is 13.8 Å². The van der Waals surface area contributed by atoms with E-state index in [4.69, 9.17) is 0 Å². The monoisotopic (exact) mass is 271 g/mol. The van der Waals surface area contributed by atoms with Gasteiger partial charge < -0.3 is 5.32 Å². The summed E-state index contributed by atoms with van der Waals surface area (Å²) in [5.41, 5.74) is 3.52. The second kappa shape index (κ2) is 5.32. The van der Waals surface area contributed by atoms with Gasteiger partial charge in [0.25, 0.3) is 5.95 Å². The number of aryl methyl sites for hydroxylation is 1. The lowest BCUT2D eigenvalue weighted by Crippen LogP contribution is -2.22. The molecule has 0 radical (unpaired) electrons. The van der Waals surface area contributed by atoms with Gasteiger partial charge >= 0.3 is 0 Å². The maximum Gasteiger partial charge on any atom is 0.250 e. The van der Waals surface area contributed by atoms with Crippen LogP contribution in [0.5, 0.6) is 0 Å². The van der Waals surface area contributed by atoms with Crippen molar-refractivity contribution < 1.29 is 0 Å². The van der Waals surface area contributed by atoms with Crippen LogP contribution in [0.1, 0.15) is 42.6 Å². The summed E-state index contributed by atoms with van der Waals surface area (Å²) in [7, 11) is 0. The summed E-state index contributed by atoms with van der Waals surface area (Å²) < 4.78 is 1.85. The molecule has 5 heteroatoms. The van der Waals surface area contributed by atoms with Gasteiger partial charge in [-0.15, -0.1) is 0 Å². The number of nitrogens with one attached hydrogen (secondary N) is 1. The third-order valence-corrected chi connectivity index (χ3v) is 3.87. The van der Waals surface area contributed by atoms with Crippen molar-refractivity contribution in [3.8, 4) is 5.95 Å². The smallest absolute Gasteiger partial charge is 0.250 e. The molecule has 2 heterocycles. The van der Waals surface area contributed by atoms with Crippen LogP contribution in [0.3, 0.4) is 0 Å². The Hall–Kier alpha value is -1.75. The normalized spacial score (nSPS) is 16.4. The summed E-state index contributed by atoms with van der Waals surface area (Å²) in [6, 6.07) is 2.56. The van der Waals surface area contributed by atoms with Gasteiger partial charge in [-0.05, 0) is 38.7 Å². The lowest BCUT2D eigenvalue weighted by molar-refractivity contribution is 0.607. The van der Waals surface area contributed by atoms with E-state index in [-0.39, 0.29) is 0 Å². The zero-order valence-electron chi connectivity index (χ0n) is 12.3. The summed E-state index contributed by atoms with van der Waals surface area (Å²) in [4.78, 5) is 8.56. The van der Waals surface area contributed by atoms with Crippen molar-refractivity contribution in [3.63, 3.8) is 0 Å². The molecule has 3 rings (SSSR count). The maximum absolute atomic E-state index is 4.61. The molecule has 1 aliphatic carbocycles. The molecule has 5 nitrogen and oxygen atoms in total. The average molecular weight is 271 g/mol. The second-order valence-electron chi connectivity index (χ2n) is 5.63. The van der Waals surface area contributed by atoms with Crippen LogP contribution >= 0.6 is 0 Å². The molecule has 0 bridgehead atoms. The fourth-order valence-electron chi connectivity index (χ4n) is 2.70. The molecule has 0 aromatic carbocycles. The van der Waals surface area contributed by atoms with Gasteiger partial charge in [0.2, 0.25) is 0 Å². The summed E-state index contributed by atoms with van der Waals surface area (Å²) in [6.45, 7) is 7.42. The van der Waals surface area contributed by atoms with Crippen molar-refractivity contribution in [1.82, 2.24) is 25.1 Å². The Labute approximate surface area is 119 Å². The van der Waals surface area contributed by atoms with E-state index in [9.17, 15) is 0 Å². The first-order chi connectivity index (χ1) is 9.66. The lowest BCUT2D eigenvalue weighted by Gasteiger charge is -2.13. The minimum atomic E-state index is 0.452. The van der Waals surface area contributed by atoms with Crippen LogP contribution in [0.2, 0.25) is 0 Å². The molecular formula is C15H21N5. The Morgan fingerprint density at radius 1 is 1.30 bits per heavy atom. The molecule has 1 atom stereocenters. The first-order valence-electron chi connectivity index (χ1n) is 7.23. The summed E-state index contributed by atoms with van der Waals surface area (Å²) in [5, 5.41) is 8.20. The molecule has 0 aliphatic heterocycles. The van der Waals surface area contributed by atoms with Gasteiger partial charge in [0.15, 0.2) is 0 Å². The lowest BCUT2D eigenvalue weighted by atomic mass is 9.99. The molecule has 0 spiro atoms. The summed E-state index contributed by atoms with van der Waals surface area (Å²) in [5.74, 6) is 1.09. The van der Waals surface area contributed by atoms with Crippen LogP contribution in [0.15, 0.2) is 18.5 Å². The maximum atomic E-state index is 4.61.